The van der Waals surface area contributed by atoms with E-state index in [-0.39, 0.29) is 17.6 Å². The summed E-state index contributed by atoms with van der Waals surface area (Å²) in [5, 5.41) is 0. The first-order chi connectivity index (χ1) is 16.1. The van der Waals surface area contributed by atoms with Crippen molar-refractivity contribution in [1.82, 2.24) is 0 Å². The lowest BCUT2D eigenvalue weighted by Gasteiger charge is -2.14. The topological polar surface area (TPSA) is 72.9 Å². The molecule has 0 saturated carbocycles. The summed E-state index contributed by atoms with van der Waals surface area (Å²) in [5.74, 6) is 0.547. The van der Waals surface area contributed by atoms with Gasteiger partial charge in [-0.05, 0) is 48.0 Å². The molecule has 0 N–H and O–H groups in total. The minimum atomic E-state index is -0.355. The highest BCUT2D eigenvalue weighted by Gasteiger charge is 2.24. The Morgan fingerprint density at radius 3 is 1.85 bits per heavy atom. The molecule has 0 aromatic heterocycles. The summed E-state index contributed by atoms with van der Waals surface area (Å²) in [6.07, 6.45) is 5.82. The molecule has 0 saturated heterocycles. The number of allylic oxidation sites excluding steroid dienone is 1. The van der Waals surface area contributed by atoms with Gasteiger partial charge < -0.3 is 9.47 Å². The molecular weight excluding hydrogens is 418 g/mol. The number of hydrogen-bond acceptors (Lipinski definition) is 5. The molecule has 0 radical (unpaired) electrons. The molecular formula is C27H21NO5. The summed E-state index contributed by atoms with van der Waals surface area (Å²) in [5.41, 5.74) is 2.05. The summed E-state index contributed by atoms with van der Waals surface area (Å²) in [6.45, 7) is 0.673. The molecule has 4 rings (SSSR count). The minimum Gasteiger partial charge on any atom is -0.490 e. The number of anilines is 1. The van der Waals surface area contributed by atoms with Crippen LogP contribution in [0, 0.1) is 0 Å². The normalized spacial score (nSPS) is 13.0. The van der Waals surface area contributed by atoms with E-state index in [2.05, 4.69) is 0 Å². The predicted octanol–water partition coefficient (Wildman–Crippen LogP) is 4.47. The van der Waals surface area contributed by atoms with Gasteiger partial charge in [-0.1, -0.05) is 48.5 Å². The van der Waals surface area contributed by atoms with E-state index >= 15 is 0 Å². The van der Waals surface area contributed by atoms with Crippen molar-refractivity contribution < 1.29 is 23.9 Å². The zero-order valence-electron chi connectivity index (χ0n) is 17.7. The molecule has 0 spiro atoms. The van der Waals surface area contributed by atoms with Crippen molar-refractivity contribution in [3.8, 4) is 11.5 Å². The molecule has 0 bridgehead atoms. The standard InChI is InChI=1S/C27H21NO5/c29-25(21-4-2-1-3-5-21)15-8-20-6-11-23(12-7-20)32-18-19-33-24-13-9-22(10-14-24)28-26(30)16-17-27(28)31/h1-17H,18-19H2. The van der Waals surface area contributed by atoms with Crippen LogP contribution in [0.5, 0.6) is 11.5 Å². The maximum atomic E-state index is 12.1. The van der Waals surface area contributed by atoms with Crippen LogP contribution in [-0.2, 0) is 9.59 Å². The van der Waals surface area contributed by atoms with Gasteiger partial charge in [0, 0.05) is 17.7 Å². The fourth-order valence-corrected chi connectivity index (χ4v) is 3.21. The number of nitrogens with zero attached hydrogens (tertiary/aromatic N) is 1. The Labute approximate surface area is 191 Å². The van der Waals surface area contributed by atoms with E-state index in [0.29, 0.717) is 36.0 Å². The highest BCUT2D eigenvalue weighted by atomic mass is 16.5. The zero-order valence-corrected chi connectivity index (χ0v) is 17.7. The second-order valence-electron chi connectivity index (χ2n) is 7.17. The first-order valence-electron chi connectivity index (χ1n) is 10.4. The minimum absolute atomic E-state index is 0.0450. The number of ketones is 1. The summed E-state index contributed by atoms with van der Waals surface area (Å²) in [7, 11) is 0. The van der Waals surface area contributed by atoms with Crippen molar-refractivity contribution in [2.45, 2.75) is 0 Å². The Balaban J connectivity index is 1.22. The number of benzene rings is 3. The highest BCUT2D eigenvalue weighted by Crippen LogP contribution is 2.22. The lowest BCUT2D eigenvalue weighted by atomic mass is 10.1. The molecule has 0 fully saturated rings. The Hall–Kier alpha value is -4.45. The lowest BCUT2D eigenvalue weighted by Crippen LogP contribution is -2.29. The quantitative estimate of drug-likeness (QED) is 0.213. The number of ether oxygens (including phenoxy) is 2. The van der Waals surface area contributed by atoms with Crippen molar-refractivity contribution in [2.75, 3.05) is 18.1 Å². The van der Waals surface area contributed by atoms with Crippen LogP contribution in [-0.4, -0.2) is 30.8 Å². The van der Waals surface area contributed by atoms with Crippen LogP contribution in [0.15, 0.2) is 97.1 Å². The molecule has 6 heteroatoms. The fraction of sp³-hybridized carbons (Fsp3) is 0.0741. The first-order valence-corrected chi connectivity index (χ1v) is 10.4. The average molecular weight is 439 g/mol. The molecule has 0 unspecified atom stereocenters. The SMILES string of the molecule is O=C(C=Cc1ccc(OCCOc2ccc(N3C(=O)C=CC3=O)cc2)cc1)c1ccccc1. The molecule has 1 aliphatic rings. The molecule has 33 heavy (non-hydrogen) atoms. The third kappa shape index (κ3) is 5.62. The zero-order chi connectivity index (χ0) is 23.0. The van der Waals surface area contributed by atoms with Gasteiger partial charge in [0.05, 0.1) is 5.69 Å². The van der Waals surface area contributed by atoms with Gasteiger partial charge in [0.25, 0.3) is 11.8 Å². The van der Waals surface area contributed by atoms with Crippen LogP contribution in [0.1, 0.15) is 15.9 Å². The van der Waals surface area contributed by atoms with E-state index < -0.39 is 0 Å². The molecule has 0 atom stereocenters. The van der Waals surface area contributed by atoms with Crippen LogP contribution in [0.2, 0.25) is 0 Å². The maximum Gasteiger partial charge on any atom is 0.258 e. The lowest BCUT2D eigenvalue weighted by molar-refractivity contribution is -0.119. The van der Waals surface area contributed by atoms with Crippen molar-refractivity contribution in [2.24, 2.45) is 0 Å². The van der Waals surface area contributed by atoms with Crippen molar-refractivity contribution in [3.05, 3.63) is 108 Å². The molecule has 1 heterocycles. The monoisotopic (exact) mass is 439 g/mol. The number of rotatable bonds is 9. The molecule has 0 aliphatic carbocycles. The van der Waals surface area contributed by atoms with Gasteiger partial charge in [0.15, 0.2) is 5.78 Å². The maximum absolute atomic E-state index is 12.1. The molecule has 3 aromatic rings. The summed E-state index contributed by atoms with van der Waals surface area (Å²) >= 11 is 0. The Morgan fingerprint density at radius 2 is 1.27 bits per heavy atom. The summed E-state index contributed by atoms with van der Waals surface area (Å²) in [6, 6.07) is 23.3. The number of imide groups is 1. The summed E-state index contributed by atoms with van der Waals surface area (Å²) in [4.78, 5) is 36.7. The van der Waals surface area contributed by atoms with Crippen molar-refractivity contribution in [3.63, 3.8) is 0 Å². The van der Waals surface area contributed by atoms with Crippen LogP contribution in [0.4, 0.5) is 5.69 Å². The van der Waals surface area contributed by atoms with E-state index in [1.807, 2.05) is 42.5 Å². The van der Waals surface area contributed by atoms with Gasteiger partial charge in [-0.2, -0.15) is 0 Å². The molecule has 1 aliphatic heterocycles. The average Bonchev–Trinajstić information content (AvgIpc) is 3.19. The third-order valence-corrected chi connectivity index (χ3v) is 4.89. The smallest absolute Gasteiger partial charge is 0.258 e. The van der Waals surface area contributed by atoms with E-state index in [4.69, 9.17) is 9.47 Å². The number of hydrogen-bond donors (Lipinski definition) is 0. The van der Waals surface area contributed by atoms with Crippen LogP contribution in [0.25, 0.3) is 6.08 Å². The van der Waals surface area contributed by atoms with Gasteiger partial charge in [-0.25, -0.2) is 4.90 Å². The molecule has 164 valence electrons. The van der Waals surface area contributed by atoms with Gasteiger partial charge >= 0.3 is 0 Å². The highest BCUT2D eigenvalue weighted by molar-refractivity contribution is 6.28. The van der Waals surface area contributed by atoms with E-state index in [1.165, 1.54) is 12.2 Å². The molecule has 3 aromatic carbocycles. The largest absolute Gasteiger partial charge is 0.490 e. The number of carbonyl (C=O) groups excluding carboxylic acids is 3. The Bertz CT molecular complexity index is 1180. The van der Waals surface area contributed by atoms with E-state index in [0.717, 1.165) is 10.5 Å². The van der Waals surface area contributed by atoms with Gasteiger partial charge in [-0.3, -0.25) is 14.4 Å². The van der Waals surface area contributed by atoms with E-state index in [9.17, 15) is 14.4 Å². The Morgan fingerprint density at radius 1 is 0.727 bits per heavy atom. The Kier molecular flexibility index (Phi) is 6.75. The van der Waals surface area contributed by atoms with Crippen molar-refractivity contribution in [1.29, 1.82) is 0 Å². The second kappa shape index (κ2) is 10.2. The second-order valence-corrected chi connectivity index (χ2v) is 7.17. The third-order valence-electron chi connectivity index (χ3n) is 4.89. The molecule has 6 nitrogen and oxygen atoms in total. The van der Waals surface area contributed by atoms with Gasteiger partial charge in [0.1, 0.15) is 24.7 Å². The number of carbonyl (C=O) groups is 3. The summed E-state index contributed by atoms with van der Waals surface area (Å²) < 4.78 is 11.3. The fourth-order valence-electron chi connectivity index (χ4n) is 3.21. The number of amides is 2. The van der Waals surface area contributed by atoms with Gasteiger partial charge in [-0.15, -0.1) is 0 Å². The van der Waals surface area contributed by atoms with Gasteiger partial charge in [0.2, 0.25) is 0 Å². The van der Waals surface area contributed by atoms with Crippen LogP contribution in [0.3, 0.4) is 0 Å². The van der Waals surface area contributed by atoms with Crippen LogP contribution >= 0.6 is 0 Å². The van der Waals surface area contributed by atoms with Crippen molar-refractivity contribution >= 4 is 29.4 Å². The molecule has 2 amide bonds. The predicted molar refractivity (Wildman–Crippen MR) is 125 cm³/mol. The van der Waals surface area contributed by atoms with Crippen LogP contribution < -0.4 is 14.4 Å². The first kappa shape index (κ1) is 21.8. The van der Waals surface area contributed by atoms with E-state index in [1.54, 1.807) is 48.6 Å².